The molecule has 1 N–H and O–H groups in total. The second-order valence-corrected chi connectivity index (χ2v) is 8.57. The summed E-state index contributed by atoms with van der Waals surface area (Å²) in [5, 5.41) is 28.4. The zero-order chi connectivity index (χ0) is 20.3. The zero-order valence-corrected chi connectivity index (χ0v) is 18.0. The van der Waals surface area contributed by atoms with E-state index in [0.29, 0.717) is 22.8 Å². The average Bonchev–Trinajstić information content (AvgIpc) is 3.17. The normalized spacial score (nSPS) is 20.1. The third kappa shape index (κ3) is 3.26. The molecule has 1 atom stereocenters. The fraction of sp³-hybridized carbons (Fsp3) is 0.364. The maximum atomic E-state index is 10.6. The molecule has 1 aromatic carbocycles. The number of aromatic hydroxyl groups is 1. The van der Waals surface area contributed by atoms with E-state index >= 15 is 0 Å². The highest BCUT2D eigenvalue weighted by atomic mass is 35.5. The Morgan fingerprint density at radius 3 is 2.71 bits per heavy atom. The number of benzene rings is 1. The van der Waals surface area contributed by atoms with Crippen molar-refractivity contribution in [3.8, 4) is 22.7 Å². The molecule has 1 spiro atoms. The lowest BCUT2D eigenvalue weighted by Crippen LogP contribution is -2.42. The highest BCUT2D eigenvalue weighted by molar-refractivity contribution is 5.85. The molecule has 9 heteroatoms. The van der Waals surface area contributed by atoms with Gasteiger partial charge in [0.05, 0.1) is 23.8 Å². The number of nitrogens with zero attached hydrogens (tertiary/aromatic N) is 7. The van der Waals surface area contributed by atoms with Gasteiger partial charge >= 0.3 is 0 Å². The number of hydrogen-bond acceptors (Lipinski definition) is 6. The number of piperidine rings is 1. The van der Waals surface area contributed by atoms with Crippen LogP contribution in [0.25, 0.3) is 28.0 Å². The van der Waals surface area contributed by atoms with E-state index in [2.05, 4.69) is 49.3 Å². The Balaban J connectivity index is 0.00000204. The van der Waals surface area contributed by atoms with Crippen LogP contribution in [0.1, 0.15) is 31.7 Å². The third-order valence-electron chi connectivity index (χ3n) is 6.85. The quantitative estimate of drug-likeness (QED) is 0.527. The number of phenolic OH excluding ortho intramolecular Hbond substituents is 1. The van der Waals surface area contributed by atoms with Crippen molar-refractivity contribution in [2.24, 2.45) is 0 Å². The van der Waals surface area contributed by atoms with Crippen molar-refractivity contribution in [1.29, 1.82) is 0 Å². The topological polar surface area (TPSA) is 84.9 Å². The first-order valence-electron chi connectivity index (χ1n) is 10.4. The van der Waals surface area contributed by atoms with Gasteiger partial charge in [0.2, 0.25) is 0 Å². The average molecular weight is 438 g/mol. The molecule has 0 bridgehead atoms. The summed E-state index contributed by atoms with van der Waals surface area (Å²) in [6, 6.07) is 9.96. The molecule has 4 heterocycles. The van der Waals surface area contributed by atoms with Crippen molar-refractivity contribution < 1.29 is 5.11 Å². The second-order valence-electron chi connectivity index (χ2n) is 8.57. The molecular weight excluding hydrogens is 414 g/mol. The van der Waals surface area contributed by atoms with Crippen molar-refractivity contribution >= 4 is 23.4 Å². The maximum absolute atomic E-state index is 10.6. The van der Waals surface area contributed by atoms with Crippen LogP contribution in [0.15, 0.2) is 48.9 Å². The van der Waals surface area contributed by atoms with Crippen LogP contribution in [-0.4, -0.2) is 58.9 Å². The van der Waals surface area contributed by atoms with Gasteiger partial charge in [0, 0.05) is 41.3 Å². The van der Waals surface area contributed by atoms with Crippen LogP contribution in [0.2, 0.25) is 0 Å². The first kappa shape index (κ1) is 20.0. The van der Waals surface area contributed by atoms with Crippen molar-refractivity contribution in [2.75, 3.05) is 13.6 Å². The van der Waals surface area contributed by atoms with Crippen LogP contribution in [-0.2, 0) is 0 Å². The van der Waals surface area contributed by atoms with Gasteiger partial charge in [0.25, 0.3) is 0 Å². The predicted molar refractivity (Wildman–Crippen MR) is 120 cm³/mol. The van der Waals surface area contributed by atoms with Gasteiger partial charge in [-0.05, 0) is 57.0 Å². The maximum Gasteiger partial charge on any atom is 0.162 e. The Morgan fingerprint density at radius 2 is 1.97 bits per heavy atom. The largest absolute Gasteiger partial charge is 0.507 e. The number of phenols is 1. The fourth-order valence-corrected chi connectivity index (χ4v) is 4.85. The van der Waals surface area contributed by atoms with Gasteiger partial charge < -0.3 is 14.6 Å². The summed E-state index contributed by atoms with van der Waals surface area (Å²) in [6.45, 7) is 1.13. The minimum absolute atomic E-state index is 0. The van der Waals surface area contributed by atoms with Crippen molar-refractivity contribution in [1.82, 2.24) is 34.7 Å². The summed E-state index contributed by atoms with van der Waals surface area (Å²) >= 11 is 0. The van der Waals surface area contributed by atoms with Gasteiger partial charge in [0.1, 0.15) is 5.75 Å². The molecular formula is C22H24ClN7O. The van der Waals surface area contributed by atoms with Crippen LogP contribution in [0.5, 0.6) is 5.75 Å². The molecule has 1 saturated heterocycles. The van der Waals surface area contributed by atoms with Gasteiger partial charge in [-0.3, -0.25) is 0 Å². The lowest BCUT2D eigenvalue weighted by atomic mass is 9.95. The SMILES string of the molecule is CN1CCC(n2ccc3cc(-c4ccc(-n5ccnn5)cc4O)nnc32)CC12CC2.Cl. The second kappa shape index (κ2) is 7.32. The number of rotatable bonds is 3. The van der Waals surface area contributed by atoms with Crippen LogP contribution in [0, 0.1) is 0 Å². The minimum Gasteiger partial charge on any atom is -0.507 e. The van der Waals surface area contributed by atoms with E-state index in [1.54, 1.807) is 23.1 Å². The Kier molecular flexibility index (Phi) is 4.71. The van der Waals surface area contributed by atoms with Gasteiger partial charge in [-0.2, -0.15) is 0 Å². The molecule has 4 aromatic rings. The molecule has 2 fully saturated rings. The van der Waals surface area contributed by atoms with Gasteiger partial charge in [-0.25, -0.2) is 4.68 Å². The molecule has 1 aliphatic heterocycles. The highest BCUT2D eigenvalue weighted by Crippen LogP contribution is 2.50. The van der Waals surface area contributed by atoms with Crippen LogP contribution in [0.4, 0.5) is 0 Å². The number of aromatic nitrogens is 6. The first-order chi connectivity index (χ1) is 14.6. The molecule has 6 rings (SSSR count). The van der Waals surface area contributed by atoms with Crippen LogP contribution >= 0.6 is 12.4 Å². The smallest absolute Gasteiger partial charge is 0.162 e. The van der Waals surface area contributed by atoms with Gasteiger partial charge in [-0.15, -0.1) is 27.7 Å². The van der Waals surface area contributed by atoms with E-state index in [1.807, 2.05) is 18.2 Å². The van der Waals surface area contributed by atoms with Gasteiger partial charge in [0.15, 0.2) is 5.65 Å². The molecule has 1 saturated carbocycles. The van der Waals surface area contributed by atoms with Crippen molar-refractivity contribution in [3.63, 3.8) is 0 Å². The van der Waals surface area contributed by atoms with E-state index in [4.69, 9.17) is 0 Å². The third-order valence-corrected chi connectivity index (χ3v) is 6.85. The van der Waals surface area contributed by atoms with Crippen LogP contribution < -0.4 is 0 Å². The lowest BCUT2D eigenvalue weighted by molar-refractivity contribution is 0.128. The Morgan fingerprint density at radius 1 is 1.10 bits per heavy atom. The van der Waals surface area contributed by atoms with E-state index in [0.717, 1.165) is 29.7 Å². The predicted octanol–water partition coefficient (Wildman–Crippen LogP) is 3.61. The molecule has 8 nitrogen and oxygen atoms in total. The summed E-state index contributed by atoms with van der Waals surface area (Å²) in [5.74, 6) is 0.141. The monoisotopic (exact) mass is 437 g/mol. The minimum atomic E-state index is 0. The summed E-state index contributed by atoms with van der Waals surface area (Å²) in [6.07, 6.45) is 10.4. The van der Waals surface area contributed by atoms with Crippen molar-refractivity contribution in [3.05, 3.63) is 48.9 Å². The summed E-state index contributed by atoms with van der Waals surface area (Å²) in [4.78, 5) is 2.53. The van der Waals surface area contributed by atoms with E-state index in [9.17, 15) is 5.11 Å². The molecule has 1 aliphatic carbocycles. The summed E-state index contributed by atoms with van der Waals surface area (Å²) in [7, 11) is 2.25. The molecule has 2 aliphatic rings. The number of halogens is 1. The van der Waals surface area contributed by atoms with Gasteiger partial charge in [-0.1, -0.05) is 5.21 Å². The van der Waals surface area contributed by atoms with Crippen molar-refractivity contribution in [2.45, 2.75) is 37.3 Å². The standard InChI is InChI=1S/C22H23N7O.ClH/c1-27-9-5-17(14-22(27)6-7-22)28-10-4-15-12-19(24-25-21(15)28)18-3-2-16(13-20(18)30)29-11-8-23-26-29;/h2-4,8,10-13,17,30H,5-7,9,14H2,1H3;1H. The van der Waals surface area contributed by atoms with E-state index in [-0.39, 0.29) is 18.2 Å². The van der Waals surface area contributed by atoms with Crippen LogP contribution in [0.3, 0.4) is 0 Å². The fourth-order valence-electron chi connectivity index (χ4n) is 4.85. The molecule has 31 heavy (non-hydrogen) atoms. The summed E-state index contributed by atoms with van der Waals surface area (Å²) < 4.78 is 3.90. The Bertz CT molecular complexity index is 1230. The summed E-state index contributed by atoms with van der Waals surface area (Å²) in [5.41, 5.74) is 3.38. The first-order valence-corrected chi connectivity index (χ1v) is 10.4. The van der Waals surface area contributed by atoms with E-state index < -0.39 is 0 Å². The Hall–Kier alpha value is -2.97. The lowest BCUT2D eigenvalue weighted by Gasteiger charge is -2.38. The molecule has 0 amide bonds. The molecule has 0 radical (unpaired) electrons. The zero-order valence-electron chi connectivity index (χ0n) is 17.2. The number of hydrogen-bond donors (Lipinski definition) is 1. The number of likely N-dealkylation sites (tertiary alicyclic amines) is 1. The van der Waals surface area contributed by atoms with E-state index in [1.165, 1.54) is 19.3 Å². The molecule has 1 unspecified atom stereocenters. The molecule has 160 valence electrons. The highest BCUT2D eigenvalue weighted by Gasteiger charge is 2.50. The Labute approximate surface area is 185 Å². The molecule has 3 aromatic heterocycles. The number of fused-ring (bicyclic) bond motifs is 1.